The second kappa shape index (κ2) is 4.44. The highest BCUT2D eigenvalue weighted by molar-refractivity contribution is 9.08. The summed E-state index contributed by atoms with van der Waals surface area (Å²) in [6, 6.07) is 2.09. The van der Waals surface area contributed by atoms with Crippen molar-refractivity contribution >= 4 is 15.9 Å². The summed E-state index contributed by atoms with van der Waals surface area (Å²) in [6.45, 7) is 13.0. The van der Waals surface area contributed by atoms with Gasteiger partial charge in [0, 0.05) is 21.9 Å². The first-order valence-electron chi connectivity index (χ1n) is 5.59. The van der Waals surface area contributed by atoms with Crippen molar-refractivity contribution in [1.82, 2.24) is 9.97 Å². The van der Waals surface area contributed by atoms with E-state index in [2.05, 4.69) is 68.5 Å². The molecule has 0 radical (unpaired) electrons. The summed E-state index contributed by atoms with van der Waals surface area (Å²) in [5.41, 5.74) is 2.24. The molecule has 0 aliphatic heterocycles. The molecular formula is C13H21BrN2. The molecular weight excluding hydrogens is 264 g/mol. The summed E-state index contributed by atoms with van der Waals surface area (Å²) in [5.74, 6) is 0.925. The summed E-state index contributed by atoms with van der Waals surface area (Å²) < 4.78 is 0. The van der Waals surface area contributed by atoms with Crippen molar-refractivity contribution < 1.29 is 0 Å². The molecule has 0 spiro atoms. The Morgan fingerprint density at radius 2 is 1.56 bits per heavy atom. The zero-order chi connectivity index (χ0) is 12.6. The Bertz CT molecular complexity index is 340. The van der Waals surface area contributed by atoms with Crippen molar-refractivity contribution in [2.24, 2.45) is 0 Å². The topological polar surface area (TPSA) is 25.8 Å². The van der Waals surface area contributed by atoms with Gasteiger partial charge in [-0.3, -0.25) is 0 Å². The van der Waals surface area contributed by atoms with Gasteiger partial charge in [0.2, 0.25) is 0 Å². The molecule has 0 aliphatic rings. The van der Waals surface area contributed by atoms with E-state index in [4.69, 9.17) is 4.98 Å². The number of aromatic nitrogens is 2. The van der Waals surface area contributed by atoms with Crippen LogP contribution < -0.4 is 0 Å². The number of hydrogen-bond acceptors (Lipinski definition) is 2. The third-order valence-electron chi connectivity index (χ3n) is 2.36. The Labute approximate surface area is 107 Å². The maximum absolute atomic E-state index is 4.69. The zero-order valence-electron chi connectivity index (χ0n) is 11.1. The van der Waals surface area contributed by atoms with Crippen LogP contribution in [-0.4, -0.2) is 9.97 Å². The summed E-state index contributed by atoms with van der Waals surface area (Å²) in [5, 5.41) is 0.779. The van der Waals surface area contributed by atoms with Crippen LogP contribution in [0.3, 0.4) is 0 Å². The first kappa shape index (κ1) is 13.6. The van der Waals surface area contributed by atoms with Crippen LogP contribution in [0.15, 0.2) is 6.07 Å². The van der Waals surface area contributed by atoms with E-state index in [-0.39, 0.29) is 10.8 Å². The highest BCUT2D eigenvalue weighted by Crippen LogP contribution is 2.25. The number of rotatable bonds is 1. The van der Waals surface area contributed by atoms with E-state index in [1.807, 2.05) is 0 Å². The third kappa shape index (κ3) is 3.27. The Morgan fingerprint density at radius 1 is 1.00 bits per heavy atom. The molecule has 0 fully saturated rings. The van der Waals surface area contributed by atoms with Crippen LogP contribution >= 0.6 is 15.9 Å². The van der Waals surface area contributed by atoms with Crippen LogP contribution in [0.25, 0.3) is 0 Å². The smallest absolute Gasteiger partial charge is 0.134 e. The average Bonchev–Trinajstić information content (AvgIpc) is 2.14. The zero-order valence-corrected chi connectivity index (χ0v) is 12.6. The summed E-state index contributed by atoms with van der Waals surface area (Å²) in [7, 11) is 0. The molecule has 1 aromatic rings. The van der Waals surface area contributed by atoms with Crippen molar-refractivity contribution in [1.29, 1.82) is 0 Å². The minimum absolute atomic E-state index is 0.00181. The highest BCUT2D eigenvalue weighted by Gasteiger charge is 2.23. The summed E-state index contributed by atoms with van der Waals surface area (Å²) >= 11 is 3.47. The van der Waals surface area contributed by atoms with Crippen LogP contribution in [-0.2, 0) is 16.2 Å². The monoisotopic (exact) mass is 284 g/mol. The molecule has 0 unspecified atom stereocenters. The first-order valence-corrected chi connectivity index (χ1v) is 6.71. The van der Waals surface area contributed by atoms with Crippen molar-refractivity contribution in [3.63, 3.8) is 0 Å². The van der Waals surface area contributed by atoms with E-state index >= 15 is 0 Å². The average molecular weight is 285 g/mol. The van der Waals surface area contributed by atoms with Gasteiger partial charge in [-0.2, -0.15) is 0 Å². The summed E-state index contributed by atoms with van der Waals surface area (Å²) in [6.07, 6.45) is 0. The van der Waals surface area contributed by atoms with Gasteiger partial charge in [0.05, 0.1) is 5.69 Å². The van der Waals surface area contributed by atoms with Crippen molar-refractivity contribution in [3.05, 3.63) is 23.3 Å². The van der Waals surface area contributed by atoms with E-state index in [1.165, 1.54) is 0 Å². The minimum atomic E-state index is -0.00181. The molecule has 0 aliphatic carbocycles. The van der Waals surface area contributed by atoms with Gasteiger partial charge in [-0.15, -0.1) is 0 Å². The Morgan fingerprint density at radius 3 is 1.94 bits per heavy atom. The lowest BCUT2D eigenvalue weighted by Crippen LogP contribution is -2.22. The number of nitrogens with zero attached hydrogens (tertiary/aromatic N) is 2. The van der Waals surface area contributed by atoms with Gasteiger partial charge < -0.3 is 0 Å². The van der Waals surface area contributed by atoms with Crippen molar-refractivity contribution in [3.8, 4) is 0 Å². The number of alkyl halides is 1. The molecule has 0 bridgehead atoms. The SMILES string of the molecule is CC(C)(C)c1cc(CBr)nc(C(C)(C)C)n1. The Balaban J connectivity index is 3.33. The molecule has 0 saturated heterocycles. The van der Waals surface area contributed by atoms with E-state index in [1.54, 1.807) is 0 Å². The predicted octanol–water partition coefficient (Wildman–Crippen LogP) is 3.97. The van der Waals surface area contributed by atoms with Gasteiger partial charge in [0.1, 0.15) is 5.82 Å². The number of halogens is 1. The molecule has 2 nitrogen and oxygen atoms in total. The van der Waals surface area contributed by atoms with E-state index in [0.717, 1.165) is 22.5 Å². The second-order valence-corrected chi connectivity index (χ2v) is 6.76. The molecule has 1 heterocycles. The fraction of sp³-hybridized carbons (Fsp3) is 0.692. The lowest BCUT2D eigenvalue weighted by atomic mass is 9.90. The van der Waals surface area contributed by atoms with Gasteiger partial charge >= 0.3 is 0 Å². The fourth-order valence-electron chi connectivity index (χ4n) is 1.29. The third-order valence-corrected chi connectivity index (χ3v) is 2.93. The molecule has 0 amide bonds. The molecule has 90 valence electrons. The van der Waals surface area contributed by atoms with Crippen LogP contribution in [0.1, 0.15) is 58.8 Å². The number of hydrogen-bond donors (Lipinski definition) is 0. The lowest BCUT2D eigenvalue weighted by Gasteiger charge is -2.23. The van der Waals surface area contributed by atoms with Crippen molar-refractivity contribution in [2.45, 2.75) is 57.7 Å². The van der Waals surface area contributed by atoms with Crippen LogP contribution in [0, 0.1) is 0 Å². The Kier molecular flexibility index (Phi) is 3.78. The normalized spacial score (nSPS) is 12.9. The van der Waals surface area contributed by atoms with E-state index < -0.39 is 0 Å². The fourth-order valence-corrected chi connectivity index (χ4v) is 1.57. The molecule has 16 heavy (non-hydrogen) atoms. The molecule has 0 aromatic carbocycles. The van der Waals surface area contributed by atoms with Crippen LogP contribution in [0.5, 0.6) is 0 Å². The molecule has 0 N–H and O–H groups in total. The molecule has 0 atom stereocenters. The molecule has 3 heteroatoms. The minimum Gasteiger partial charge on any atom is -0.237 e. The van der Waals surface area contributed by atoms with E-state index in [0.29, 0.717) is 0 Å². The molecule has 1 aromatic heterocycles. The maximum atomic E-state index is 4.69. The maximum Gasteiger partial charge on any atom is 0.134 e. The largest absolute Gasteiger partial charge is 0.237 e. The van der Waals surface area contributed by atoms with Crippen LogP contribution in [0.4, 0.5) is 0 Å². The molecule has 1 rings (SSSR count). The van der Waals surface area contributed by atoms with Gasteiger partial charge in [0.15, 0.2) is 0 Å². The standard InChI is InChI=1S/C13H21BrN2/c1-12(2,3)10-7-9(8-14)15-11(16-10)13(4,5)6/h7H,8H2,1-6H3. The van der Waals surface area contributed by atoms with Crippen LogP contribution in [0.2, 0.25) is 0 Å². The van der Waals surface area contributed by atoms with E-state index in [9.17, 15) is 0 Å². The van der Waals surface area contributed by atoms with Gasteiger partial charge in [-0.05, 0) is 6.07 Å². The molecule has 0 saturated carbocycles. The van der Waals surface area contributed by atoms with Crippen molar-refractivity contribution in [2.75, 3.05) is 0 Å². The highest BCUT2D eigenvalue weighted by atomic mass is 79.9. The van der Waals surface area contributed by atoms with Gasteiger partial charge in [-0.25, -0.2) is 9.97 Å². The first-order chi connectivity index (χ1) is 7.14. The van der Waals surface area contributed by atoms with Gasteiger partial charge in [0.25, 0.3) is 0 Å². The van der Waals surface area contributed by atoms with Gasteiger partial charge in [-0.1, -0.05) is 57.5 Å². The Hall–Kier alpha value is -0.440. The summed E-state index contributed by atoms with van der Waals surface area (Å²) in [4.78, 5) is 9.27. The lowest BCUT2D eigenvalue weighted by molar-refractivity contribution is 0.510. The second-order valence-electron chi connectivity index (χ2n) is 6.20. The predicted molar refractivity (Wildman–Crippen MR) is 72.1 cm³/mol. The quantitative estimate of drug-likeness (QED) is 0.730.